The van der Waals surface area contributed by atoms with Crippen LogP contribution in [-0.4, -0.2) is 33.1 Å². The van der Waals surface area contributed by atoms with Gasteiger partial charge in [0.25, 0.3) is 11.8 Å². The Balaban J connectivity index is 1.63. The van der Waals surface area contributed by atoms with Gasteiger partial charge in [-0.25, -0.2) is 4.98 Å². The van der Waals surface area contributed by atoms with Gasteiger partial charge in [0.05, 0.1) is 23.5 Å². The van der Waals surface area contributed by atoms with Crippen molar-refractivity contribution in [2.24, 2.45) is 0 Å². The molecule has 0 radical (unpaired) electrons. The first kappa shape index (κ1) is 20.6. The van der Waals surface area contributed by atoms with Crippen LogP contribution < -0.4 is 10.2 Å². The maximum absolute atomic E-state index is 13.2. The third-order valence-electron chi connectivity index (χ3n) is 4.98. The Morgan fingerprint density at radius 3 is 2.52 bits per heavy atom. The minimum Gasteiger partial charge on any atom is -0.317 e. The van der Waals surface area contributed by atoms with Crippen molar-refractivity contribution in [3.63, 3.8) is 0 Å². The first-order valence-corrected chi connectivity index (χ1v) is 9.47. The highest BCUT2D eigenvalue weighted by atomic mass is 19.4. The molecule has 0 saturated carbocycles. The molecule has 3 heterocycles. The highest BCUT2D eigenvalue weighted by molar-refractivity contribution is 6.12. The van der Waals surface area contributed by atoms with E-state index >= 15 is 0 Å². The van der Waals surface area contributed by atoms with Gasteiger partial charge in [-0.3, -0.25) is 14.3 Å². The van der Waals surface area contributed by atoms with E-state index in [1.54, 1.807) is 25.1 Å². The first-order chi connectivity index (χ1) is 14.6. The largest absolute Gasteiger partial charge is 0.416 e. The van der Waals surface area contributed by atoms with E-state index in [2.05, 4.69) is 15.4 Å². The zero-order valence-electron chi connectivity index (χ0n) is 16.6. The molecule has 0 spiro atoms. The van der Waals surface area contributed by atoms with Crippen LogP contribution >= 0.6 is 0 Å². The summed E-state index contributed by atoms with van der Waals surface area (Å²) in [6.45, 7) is 3.81. The van der Waals surface area contributed by atoms with Crippen LogP contribution in [0.2, 0.25) is 0 Å². The van der Waals surface area contributed by atoms with Crippen LogP contribution in [0.3, 0.4) is 0 Å². The van der Waals surface area contributed by atoms with Crippen LogP contribution in [0, 0.1) is 6.92 Å². The second kappa shape index (κ2) is 7.53. The van der Waals surface area contributed by atoms with Crippen molar-refractivity contribution in [2.75, 3.05) is 16.8 Å². The molecule has 7 nitrogen and oxygen atoms in total. The van der Waals surface area contributed by atoms with Gasteiger partial charge in [0, 0.05) is 17.9 Å². The van der Waals surface area contributed by atoms with Crippen molar-refractivity contribution in [1.29, 1.82) is 0 Å². The van der Waals surface area contributed by atoms with E-state index in [0.717, 1.165) is 12.1 Å². The van der Waals surface area contributed by atoms with Gasteiger partial charge in [-0.2, -0.15) is 18.3 Å². The number of nitrogens with one attached hydrogen (secondary N) is 1. The maximum Gasteiger partial charge on any atom is 0.416 e. The summed E-state index contributed by atoms with van der Waals surface area (Å²) in [6, 6.07) is 9.14. The zero-order chi connectivity index (χ0) is 22.3. The summed E-state index contributed by atoms with van der Waals surface area (Å²) >= 11 is 0. The predicted octanol–water partition coefficient (Wildman–Crippen LogP) is 4.08. The molecule has 31 heavy (non-hydrogen) atoms. The summed E-state index contributed by atoms with van der Waals surface area (Å²) in [6.07, 6.45) is -3.08. The van der Waals surface area contributed by atoms with Gasteiger partial charge >= 0.3 is 6.18 Å². The lowest BCUT2D eigenvalue weighted by atomic mass is 10.1. The smallest absolute Gasteiger partial charge is 0.317 e. The molecule has 0 unspecified atom stereocenters. The average molecular weight is 429 g/mol. The van der Waals surface area contributed by atoms with Crippen molar-refractivity contribution >= 4 is 23.2 Å². The lowest BCUT2D eigenvalue weighted by Gasteiger charge is -2.32. The van der Waals surface area contributed by atoms with E-state index in [1.165, 1.54) is 27.9 Å². The van der Waals surface area contributed by atoms with Gasteiger partial charge in [-0.15, -0.1) is 0 Å². The van der Waals surface area contributed by atoms with Crippen molar-refractivity contribution in [2.45, 2.75) is 26.1 Å². The summed E-state index contributed by atoms with van der Waals surface area (Å²) in [5.41, 5.74) is 0.757. The van der Waals surface area contributed by atoms with Gasteiger partial charge in [0.1, 0.15) is 5.69 Å². The molecule has 0 saturated heterocycles. The topological polar surface area (TPSA) is 80.1 Å². The van der Waals surface area contributed by atoms with E-state index in [1.807, 2.05) is 6.92 Å². The number of alkyl halides is 3. The molecule has 2 aromatic heterocycles. The number of aromatic nitrogens is 3. The Morgan fingerprint density at radius 2 is 1.87 bits per heavy atom. The van der Waals surface area contributed by atoms with Gasteiger partial charge in [0.15, 0.2) is 5.69 Å². The Morgan fingerprint density at radius 1 is 1.16 bits per heavy atom. The number of nitrogens with zero attached hydrogens (tertiary/aromatic N) is 4. The van der Waals surface area contributed by atoms with Crippen LogP contribution in [0.15, 0.2) is 48.7 Å². The van der Waals surface area contributed by atoms with Crippen LogP contribution in [0.1, 0.15) is 45.2 Å². The third-order valence-corrected chi connectivity index (χ3v) is 4.98. The fraction of sp³-hybridized carbons (Fsp3) is 0.238. The SMILES string of the molecule is Cc1cccc(C(=O)Nc2cnn3c2C(=O)N(c2ccc(C(F)(F)F)cc2)C[C@@H]3C)n1. The Kier molecular flexibility index (Phi) is 5.00. The Labute approximate surface area is 175 Å². The summed E-state index contributed by atoms with van der Waals surface area (Å²) in [4.78, 5) is 31.3. The number of aryl methyl sites for hydroxylation is 1. The second-order valence-corrected chi connectivity index (χ2v) is 7.28. The fourth-order valence-electron chi connectivity index (χ4n) is 3.46. The predicted molar refractivity (Wildman–Crippen MR) is 107 cm³/mol. The quantitative estimate of drug-likeness (QED) is 0.681. The van der Waals surface area contributed by atoms with Crippen LogP contribution in [0.4, 0.5) is 24.5 Å². The lowest BCUT2D eigenvalue weighted by molar-refractivity contribution is -0.137. The Bertz CT molecular complexity index is 1150. The number of pyridine rings is 1. The number of rotatable bonds is 3. The molecule has 1 atom stereocenters. The Hall–Kier alpha value is -3.69. The van der Waals surface area contributed by atoms with Crippen molar-refractivity contribution in [1.82, 2.24) is 14.8 Å². The molecule has 1 aliphatic heterocycles. The van der Waals surface area contributed by atoms with Gasteiger partial charge < -0.3 is 10.2 Å². The molecule has 0 fully saturated rings. The van der Waals surface area contributed by atoms with E-state index in [4.69, 9.17) is 0 Å². The van der Waals surface area contributed by atoms with E-state index in [9.17, 15) is 22.8 Å². The molecule has 4 rings (SSSR count). The summed E-state index contributed by atoms with van der Waals surface area (Å²) < 4.78 is 40.1. The number of hydrogen-bond acceptors (Lipinski definition) is 4. The molecule has 10 heteroatoms. The highest BCUT2D eigenvalue weighted by Crippen LogP contribution is 2.33. The number of hydrogen-bond donors (Lipinski definition) is 1. The van der Waals surface area contributed by atoms with Gasteiger partial charge in [-0.05, 0) is 50.2 Å². The second-order valence-electron chi connectivity index (χ2n) is 7.28. The number of benzene rings is 1. The van der Waals surface area contributed by atoms with Gasteiger partial charge in [-0.1, -0.05) is 6.07 Å². The van der Waals surface area contributed by atoms with E-state index < -0.39 is 23.6 Å². The van der Waals surface area contributed by atoms with Crippen LogP contribution in [-0.2, 0) is 6.18 Å². The van der Waals surface area contributed by atoms with Crippen LogP contribution in [0.5, 0.6) is 0 Å². The van der Waals surface area contributed by atoms with Gasteiger partial charge in [0.2, 0.25) is 0 Å². The number of carbonyl (C=O) groups excluding carboxylic acids is 2. The molecule has 3 aromatic rings. The molecule has 1 aliphatic rings. The highest BCUT2D eigenvalue weighted by Gasteiger charge is 2.35. The van der Waals surface area contributed by atoms with Crippen molar-refractivity contribution in [3.05, 3.63) is 71.3 Å². The number of fused-ring (bicyclic) bond motifs is 1. The minimum absolute atomic E-state index is 0.152. The molecular formula is C21H18F3N5O2. The number of anilines is 2. The average Bonchev–Trinajstić information content (AvgIpc) is 3.14. The zero-order valence-corrected chi connectivity index (χ0v) is 16.6. The minimum atomic E-state index is -4.46. The standard InChI is InChI=1S/C21H18F3N5O2/c1-12-4-3-5-16(26-12)19(30)27-17-10-25-29-13(2)11-28(20(31)18(17)29)15-8-6-14(7-9-15)21(22,23)24/h3-10,13H,11H2,1-2H3,(H,27,30)/t13-/m0/s1. The molecule has 1 aromatic carbocycles. The van der Waals surface area contributed by atoms with Crippen molar-refractivity contribution < 1.29 is 22.8 Å². The molecular weight excluding hydrogens is 411 g/mol. The van der Waals surface area contributed by atoms with Crippen molar-refractivity contribution in [3.8, 4) is 0 Å². The van der Waals surface area contributed by atoms with Crippen LogP contribution in [0.25, 0.3) is 0 Å². The van der Waals surface area contributed by atoms with E-state index in [-0.39, 0.29) is 29.7 Å². The lowest BCUT2D eigenvalue weighted by Crippen LogP contribution is -2.43. The monoisotopic (exact) mass is 429 g/mol. The summed E-state index contributed by atoms with van der Waals surface area (Å²) in [5, 5.41) is 6.88. The molecule has 160 valence electrons. The third kappa shape index (κ3) is 3.88. The first-order valence-electron chi connectivity index (χ1n) is 9.47. The fourth-order valence-corrected chi connectivity index (χ4v) is 3.46. The number of amides is 2. The number of halogens is 3. The van der Waals surface area contributed by atoms with E-state index in [0.29, 0.717) is 11.4 Å². The normalized spacial score (nSPS) is 16.2. The molecule has 0 bridgehead atoms. The summed E-state index contributed by atoms with van der Waals surface area (Å²) in [5.74, 6) is -0.963. The summed E-state index contributed by atoms with van der Waals surface area (Å²) in [7, 11) is 0. The maximum atomic E-state index is 13.2. The molecule has 1 N–H and O–H groups in total. The number of carbonyl (C=O) groups is 2. The molecule has 2 amide bonds. The molecule has 0 aliphatic carbocycles.